The minimum absolute atomic E-state index is 0.128. The molecule has 1 aromatic carbocycles. The van der Waals surface area contributed by atoms with Crippen LogP contribution in [0.3, 0.4) is 0 Å². The summed E-state index contributed by atoms with van der Waals surface area (Å²) in [5, 5.41) is 5.46. The number of hydrogen-bond acceptors (Lipinski definition) is 3. The first-order valence-corrected chi connectivity index (χ1v) is 5.41. The smallest absolute Gasteiger partial charge is 0.267 e. The summed E-state index contributed by atoms with van der Waals surface area (Å²) in [4.78, 5) is 11.6. The summed E-state index contributed by atoms with van der Waals surface area (Å²) in [6, 6.07) is 7.54. The molecule has 0 spiro atoms. The summed E-state index contributed by atoms with van der Waals surface area (Å²) in [5.74, 6) is 0.723. The molecule has 0 saturated heterocycles. The Kier molecular flexibility index (Phi) is 3.30. The van der Waals surface area contributed by atoms with Gasteiger partial charge in [0.1, 0.15) is 5.75 Å². The van der Waals surface area contributed by atoms with E-state index in [0.29, 0.717) is 18.5 Å². The number of aromatic amines is 2. The Morgan fingerprint density at radius 1 is 1.29 bits per heavy atom. The minimum Gasteiger partial charge on any atom is -0.496 e. The molecule has 0 bridgehead atoms. The van der Waals surface area contributed by atoms with Gasteiger partial charge in [-0.3, -0.25) is 15.0 Å². The van der Waals surface area contributed by atoms with Crippen LogP contribution in [-0.4, -0.2) is 23.9 Å². The first-order valence-electron chi connectivity index (χ1n) is 5.41. The highest BCUT2D eigenvalue weighted by molar-refractivity contribution is 5.69. The molecule has 2 rings (SSSR count). The van der Waals surface area contributed by atoms with Crippen molar-refractivity contribution in [2.45, 2.75) is 6.42 Å². The van der Waals surface area contributed by atoms with Crippen molar-refractivity contribution in [2.75, 3.05) is 13.7 Å². The van der Waals surface area contributed by atoms with Crippen LogP contribution < -0.4 is 16.0 Å². The lowest BCUT2D eigenvalue weighted by Gasteiger charge is -2.07. The Balaban J connectivity index is 2.56. The highest BCUT2D eigenvalue weighted by Crippen LogP contribution is 2.29. The van der Waals surface area contributed by atoms with Gasteiger partial charge in [-0.15, -0.1) is 0 Å². The van der Waals surface area contributed by atoms with Crippen LogP contribution in [0.25, 0.3) is 11.3 Å². The van der Waals surface area contributed by atoms with E-state index in [1.54, 1.807) is 7.11 Å². The van der Waals surface area contributed by atoms with Crippen molar-refractivity contribution in [3.8, 4) is 17.0 Å². The van der Waals surface area contributed by atoms with E-state index in [2.05, 4.69) is 10.2 Å². The molecule has 0 unspecified atom stereocenters. The van der Waals surface area contributed by atoms with Crippen LogP contribution in [0.2, 0.25) is 0 Å². The number of H-pyrrole nitrogens is 2. The van der Waals surface area contributed by atoms with E-state index in [1.165, 1.54) is 0 Å². The second kappa shape index (κ2) is 4.88. The molecule has 17 heavy (non-hydrogen) atoms. The quantitative estimate of drug-likeness (QED) is 0.733. The Labute approximate surface area is 98.6 Å². The molecule has 1 heterocycles. The first-order chi connectivity index (χ1) is 8.27. The average Bonchev–Trinajstić information content (AvgIpc) is 2.72. The number of para-hydroxylation sites is 1. The second-order valence-electron chi connectivity index (χ2n) is 3.67. The summed E-state index contributed by atoms with van der Waals surface area (Å²) in [5.41, 5.74) is 7.65. The lowest BCUT2D eigenvalue weighted by Crippen LogP contribution is -2.12. The molecule has 0 atom stereocenters. The van der Waals surface area contributed by atoms with Crippen LogP contribution in [0, 0.1) is 0 Å². The number of hydrogen-bond donors (Lipinski definition) is 3. The molecule has 90 valence electrons. The highest BCUT2D eigenvalue weighted by atomic mass is 16.5. The molecule has 0 aliphatic heterocycles. The van der Waals surface area contributed by atoms with Gasteiger partial charge in [-0.05, 0) is 25.1 Å². The number of benzene rings is 1. The van der Waals surface area contributed by atoms with Gasteiger partial charge in [0.25, 0.3) is 5.56 Å². The van der Waals surface area contributed by atoms with Crippen LogP contribution in [0.4, 0.5) is 0 Å². The van der Waals surface area contributed by atoms with Crippen molar-refractivity contribution in [2.24, 2.45) is 5.73 Å². The van der Waals surface area contributed by atoms with Gasteiger partial charge < -0.3 is 10.5 Å². The fourth-order valence-electron chi connectivity index (χ4n) is 1.85. The van der Waals surface area contributed by atoms with Gasteiger partial charge >= 0.3 is 0 Å². The van der Waals surface area contributed by atoms with Gasteiger partial charge in [0, 0.05) is 11.1 Å². The van der Waals surface area contributed by atoms with Gasteiger partial charge in [0.15, 0.2) is 0 Å². The molecule has 1 aromatic heterocycles. The van der Waals surface area contributed by atoms with Gasteiger partial charge in [-0.1, -0.05) is 12.1 Å². The number of ether oxygens (including phenoxy) is 1. The predicted octanol–water partition coefficient (Wildman–Crippen LogP) is 0.880. The molecular formula is C12H15N3O2. The van der Waals surface area contributed by atoms with Gasteiger partial charge in [0.2, 0.25) is 0 Å². The largest absolute Gasteiger partial charge is 0.496 e. The zero-order chi connectivity index (χ0) is 12.3. The Hall–Kier alpha value is -2.01. The van der Waals surface area contributed by atoms with Crippen LogP contribution in [0.15, 0.2) is 29.1 Å². The third-order valence-corrected chi connectivity index (χ3v) is 2.65. The van der Waals surface area contributed by atoms with Gasteiger partial charge in [-0.2, -0.15) is 0 Å². The molecular weight excluding hydrogens is 218 g/mol. The molecule has 5 heteroatoms. The van der Waals surface area contributed by atoms with E-state index < -0.39 is 0 Å². The zero-order valence-electron chi connectivity index (χ0n) is 9.62. The van der Waals surface area contributed by atoms with Crippen LogP contribution in [0.1, 0.15) is 5.56 Å². The van der Waals surface area contributed by atoms with Crippen LogP contribution in [-0.2, 0) is 6.42 Å². The number of nitrogens with one attached hydrogen (secondary N) is 2. The molecule has 0 aliphatic rings. The molecule has 5 nitrogen and oxygen atoms in total. The maximum atomic E-state index is 11.6. The second-order valence-corrected chi connectivity index (χ2v) is 3.67. The van der Waals surface area contributed by atoms with Crippen LogP contribution >= 0.6 is 0 Å². The molecule has 2 aromatic rings. The summed E-state index contributed by atoms with van der Waals surface area (Å²) in [7, 11) is 1.60. The van der Waals surface area contributed by atoms with Crippen molar-refractivity contribution in [3.05, 3.63) is 40.2 Å². The van der Waals surface area contributed by atoms with Crippen molar-refractivity contribution < 1.29 is 4.74 Å². The van der Waals surface area contributed by atoms with E-state index in [0.717, 1.165) is 17.0 Å². The highest BCUT2D eigenvalue weighted by Gasteiger charge is 2.14. The molecule has 0 aliphatic carbocycles. The number of nitrogens with two attached hydrogens (primary N) is 1. The first kappa shape index (κ1) is 11.5. The number of rotatable bonds is 4. The SMILES string of the molecule is COc1ccccc1-c1[nH][nH]c(=O)c1CCN. The lowest BCUT2D eigenvalue weighted by atomic mass is 10.0. The van der Waals surface area contributed by atoms with E-state index in [-0.39, 0.29) is 5.56 Å². The zero-order valence-corrected chi connectivity index (χ0v) is 9.62. The third-order valence-electron chi connectivity index (χ3n) is 2.65. The number of methoxy groups -OCH3 is 1. The monoisotopic (exact) mass is 233 g/mol. The Bertz CT molecular complexity index is 557. The normalized spacial score (nSPS) is 10.5. The molecule has 0 fully saturated rings. The van der Waals surface area contributed by atoms with E-state index >= 15 is 0 Å². The van der Waals surface area contributed by atoms with Crippen molar-refractivity contribution in [3.63, 3.8) is 0 Å². The van der Waals surface area contributed by atoms with E-state index in [1.807, 2.05) is 24.3 Å². The summed E-state index contributed by atoms with van der Waals surface area (Å²) < 4.78 is 5.27. The summed E-state index contributed by atoms with van der Waals surface area (Å²) in [6.45, 7) is 0.434. The van der Waals surface area contributed by atoms with Gasteiger partial charge in [0.05, 0.1) is 12.8 Å². The maximum Gasteiger partial charge on any atom is 0.267 e. The minimum atomic E-state index is -0.128. The third kappa shape index (κ3) is 2.09. The molecule has 0 saturated carbocycles. The topological polar surface area (TPSA) is 83.9 Å². The van der Waals surface area contributed by atoms with E-state index in [4.69, 9.17) is 10.5 Å². The van der Waals surface area contributed by atoms with E-state index in [9.17, 15) is 4.79 Å². The standard InChI is InChI=1S/C12H15N3O2/c1-17-10-5-3-2-4-8(10)11-9(6-7-13)12(16)15-14-11/h2-5H,6-7,13H2,1H3,(H2,14,15,16). The lowest BCUT2D eigenvalue weighted by molar-refractivity contribution is 0.416. The Morgan fingerprint density at radius 2 is 2.06 bits per heavy atom. The van der Waals surface area contributed by atoms with Crippen molar-refractivity contribution in [1.29, 1.82) is 0 Å². The summed E-state index contributed by atoms with van der Waals surface area (Å²) >= 11 is 0. The Morgan fingerprint density at radius 3 is 2.76 bits per heavy atom. The van der Waals surface area contributed by atoms with Crippen LogP contribution in [0.5, 0.6) is 5.75 Å². The average molecular weight is 233 g/mol. The van der Waals surface area contributed by atoms with Gasteiger partial charge in [-0.25, -0.2) is 0 Å². The predicted molar refractivity (Wildman–Crippen MR) is 66.2 cm³/mol. The van der Waals surface area contributed by atoms with Crippen molar-refractivity contribution in [1.82, 2.24) is 10.2 Å². The maximum absolute atomic E-state index is 11.6. The number of aromatic nitrogens is 2. The fourth-order valence-corrected chi connectivity index (χ4v) is 1.85. The summed E-state index contributed by atoms with van der Waals surface area (Å²) in [6.07, 6.45) is 0.534. The van der Waals surface area contributed by atoms with Crippen molar-refractivity contribution >= 4 is 0 Å². The molecule has 0 amide bonds. The molecule has 4 N–H and O–H groups in total. The fraction of sp³-hybridized carbons (Fsp3) is 0.250. The molecule has 0 radical (unpaired) electrons.